The lowest BCUT2D eigenvalue weighted by atomic mass is 9.87. The molecule has 21 heavy (non-hydrogen) atoms. The highest BCUT2D eigenvalue weighted by atomic mass is 16.5. The minimum absolute atomic E-state index is 0.582. The molecule has 2 fully saturated rings. The van der Waals surface area contributed by atoms with Crippen LogP contribution in [-0.2, 0) is 9.53 Å². The van der Waals surface area contributed by atoms with Gasteiger partial charge in [0.2, 0.25) is 0 Å². The van der Waals surface area contributed by atoms with Crippen LogP contribution in [0.4, 0.5) is 0 Å². The number of hydrogen-bond acceptors (Lipinski definition) is 4. The van der Waals surface area contributed by atoms with E-state index in [2.05, 4.69) is 9.80 Å². The Bertz CT molecular complexity index is 340. The summed E-state index contributed by atoms with van der Waals surface area (Å²) in [6.45, 7) is 11.0. The Labute approximate surface area is 128 Å². The van der Waals surface area contributed by atoms with Crippen molar-refractivity contribution in [3.05, 3.63) is 0 Å². The van der Waals surface area contributed by atoms with E-state index in [1.165, 1.54) is 19.5 Å². The van der Waals surface area contributed by atoms with Gasteiger partial charge in [-0.1, -0.05) is 6.42 Å². The van der Waals surface area contributed by atoms with Gasteiger partial charge >= 0.3 is 5.97 Å². The lowest BCUT2D eigenvalue weighted by Crippen LogP contribution is -2.44. The van der Waals surface area contributed by atoms with Crippen molar-refractivity contribution in [2.24, 2.45) is 5.41 Å². The van der Waals surface area contributed by atoms with Gasteiger partial charge < -0.3 is 14.7 Å². The predicted octanol–water partition coefficient (Wildman–Crippen LogP) is 1.67. The second kappa shape index (κ2) is 7.56. The van der Waals surface area contributed by atoms with Crippen LogP contribution in [0.1, 0.15) is 39.5 Å². The molecule has 1 unspecified atom stereocenters. The summed E-state index contributed by atoms with van der Waals surface area (Å²) in [5.74, 6) is -0.684. The molecule has 0 amide bonds. The van der Waals surface area contributed by atoms with E-state index < -0.39 is 11.4 Å². The molecule has 2 saturated heterocycles. The van der Waals surface area contributed by atoms with Gasteiger partial charge in [-0.25, -0.2) is 0 Å². The lowest BCUT2D eigenvalue weighted by Gasteiger charge is -2.32. The van der Waals surface area contributed by atoms with Crippen LogP contribution in [0, 0.1) is 5.41 Å². The van der Waals surface area contributed by atoms with Gasteiger partial charge in [0, 0.05) is 25.7 Å². The molecule has 1 N–H and O–H groups in total. The fourth-order valence-corrected chi connectivity index (χ4v) is 3.27. The first-order valence-electron chi connectivity index (χ1n) is 8.26. The molecule has 2 heterocycles. The summed E-state index contributed by atoms with van der Waals surface area (Å²) in [4.78, 5) is 16.2. The highest BCUT2D eigenvalue weighted by Crippen LogP contribution is 2.24. The maximum Gasteiger partial charge on any atom is 0.309 e. The van der Waals surface area contributed by atoms with Crippen LogP contribution in [-0.4, -0.2) is 72.9 Å². The molecule has 122 valence electrons. The minimum Gasteiger partial charge on any atom is -0.481 e. The summed E-state index contributed by atoms with van der Waals surface area (Å²) >= 11 is 0. The number of morpholine rings is 1. The number of aliphatic carboxylic acids is 1. The molecule has 0 spiro atoms. The molecular weight excluding hydrogens is 268 g/mol. The zero-order valence-electron chi connectivity index (χ0n) is 13.5. The van der Waals surface area contributed by atoms with E-state index in [9.17, 15) is 4.79 Å². The molecule has 1 atom stereocenters. The first-order chi connectivity index (χ1) is 9.99. The molecule has 0 saturated carbocycles. The quantitative estimate of drug-likeness (QED) is 0.725. The molecule has 2 rings (SSSR count). The summed E-state index contributed by atoms with van der Waals surface area (Å²) in [6.07, 6.45) is 4.13. The molecule has 5 heteroatoms. The molecule has 5 nitrogen and oxygen atoms in total. The van der Waals surface area contributed by atoms with E-state index in [1.54, 1.807) is 0 Å². The van der Waals surface area contributed by atoms with E-state index in [1.807, 2.05) is 13.8 Å². The first-order valence-corrected chi connectivity index (χ1v) is 8.26. The van der Waals surface area contributed by atoms with E-state index >= 15 is 0 Å². The SMILES string of the molecule is CC(C)(CCCCN1CCC(N2CCOCC2)C1)C(=O)O. The van der Waals surface area contributed by atoms with Gasteiger partial charge in [0.05, 0.1) is 18.6 Å². The first kappa shape index (κ1) is 16.7. The van der Waals surface area contributed by atoms with Crippen molar-refractivity contribution in [3.8, 4) is 0 Å². The maximum absolute atomic E-state index is 11.1. The summed E-state index contributed by atoms with van der Waals surface area (Å²) in [6, 6.07) is 0.698. The van der Waals surface area contributed by atoms with Gasteiger partial charge in [0.25, 0.3) is 0 Å². The van der Waals surface area contributed by atoms with Crippen LogP contribution in [0.5, 0.6) is 0 Å². The van der Waals surface area contributed by atoms with Gasteiger partial charge in [0.1, 0.15) is 0 Å². The molecule has 0 aliphatic carbocycles. The Kier molecular flexibility index (Phi) is 6.02. The average Bonchev–Trinajstić information content (AvgIpc) is 2.93. The monoisotopic (exact) mass is 298 g/mol. The second-order valence-corrected chi connectivity index (χ2v) is 7.04. The molecule has 0 aromatic rings. The molecule has 0 aromatic carbocycles. The number of likely N-dealkylation sites (tertiary alicyclic amines) is 1. The van der Waals surface area contributed by atoms with Crippen molar-refractivity contribution in [1.29, 1.82) is 0 Å². The Morgan fingerprint density at radius 3 is 2.62 bits per heavy atom. The fraction of sp³-hybridized carbons (Fsp3) is 0.938. The largest absolute Gasteiger partial charge is 0.481 e. The number of nitrogens with zero attached hydrogens (tertiary/aromatic N) is 2. The van der Waals surface area contributed by atoms with Crippen LogP contribution in [0.2, 0.25) is 0 Å². The van der Waals surface area contributed by atoms with Crippen molar-refractivity contribution in [1.82, 2.24) is 9.80 Å². The van der Waals surface area contributed by atoms with E-state index in [0.29, 0.717) is 6.04 Å². The number of carboxylic acid groups (broad SMARTS) is 1. The standard InChI is InChI=1S/C16H30N2O3/c1-16(2,15(19)20)6-3-4-7-17-8-5-14(13-17)18-9-11-21-12-10-18/h14H,3-13H2,1-2H3,(H,19,20). The van der Waals surface area contributed by atoms with Crippen LogP contribution in [0.15, 0.2) is 0 Å². The number of carbonyl (C=O) groups is 1. The predicted molar refractivity (Wildman–Crippen MR) is 82.5 cm³/mol. The van der Waals surface area contributed by atoms with Gasteiger partial charge in [-0.05, 0) is 46.2 Å². The number of unbranched alkanes of at least 4 members (excludes halogenated alkanes) is 1. The minimum atomic E-state index is -0.684. The average molecular weight is 298 g/mol. The van der Waals surface area contributed by atoms with Crippen molar-refractivity contribution >= 4 is 5.97 Å². The van der Waals surface area contributed by atoms with Crippen molar-refractivity contribution in [2.75, 3.05) is 45.9 Å². The third kappa shape index (κ3) is 4.94. The Balaban J connectivity index is 1.61. The van der Waals surface area contributed by atoms with Gasteiger partial charge in [0.15, 0.2) is 0 Å². The Morgan fingerprint density at radius 2 is 1.95 bits per heavy atom. The molecule has 0 radical (unpaired) electrons. The van der Waals surface area contributed by atoms with Crippen LogP contribution < -0.4 is 0 Å². The Hall–Kier alpha value is -0.650. The number of hydrogen-bond donors (Lipinski definition) is 1. The zero-order valence-corrected chi connectivity index (χ0v) is 13.5. The maximum atomic E-state index is 11.1. The van der Waals surface area contributed by atoms with Crippen LogP contribution in [0.3, 0.4) is 0 Å². The Morgan fingerprint density at radius 1 is 1.24 bits per heavy atom. The molecule has 0 bridgehead atoms. The fourth-order valence-electron chi connectivity index (χ4n) is 3.27. The van der Waals surface area contributed by atoms with E-state index in [-0.39, 0.29) is 0 Å². The summed E-state index contributed by atoms with van der Waals surface area (Å²) in [5, 5.41) is 9.10. The topological polar surface area (TPSA) is 53.0 Å². The molecule has 2 aliphatic rings. The van der Waals surface area contributed by atoms with E-state index in [0.717, 1.165) is 52.1 Å². The van der Waals surface area contributed by atoms with Crippen LogP contribution >= 0.6 is 0 Å². The normalized spacial score (nSPS) is 25.3. The van der Waals surface area contributed by atoms with E-state index in [4.69, 9.17) is 9.84 Å². The molecule has 0 aromatic heterocycles. The smallest absolute Gasteiger partial charge is 0.309 e. The summed E-state index contributed by atoms with van der Waals surface area (Å²) in [5.41, 5.74) is -0.582. The highest BCUT2D eigenvalue weighted by Gasteiger charge is 2.29. The van der Waals surface area contributed by atoms with Crippen LogP contribution in [0.25, 0.3) is 0 Å². The summed E-state index contributed by atoms with van der Waals surface area (Å²) < 4.78 is 5.41. The zero-order chi connectivity index (χ0) is 15.3. The molecular formula is C16H30N2O3. The van der Waals surface area contributed by atoms with Gasteiger partial charge in [-0.3, -0.25) is 9.69 Å². The number of rotatable bonds is 7. The second-order valence-electron chi connectivity index (χ2n) is 7.04. The third-order valence-corrected chi connectivity index (χ3v) is 4.91. The van der Waals surface area contributed by atoms with Crippen molar-refractivity contribution in [2.45, 2.75) is 45.6 Å². The summed E-state index contributed by atoms with van der Waals surface area (Å²) in [7, 11) is 0. The number of carboxylic acids is 1. The highest BCUT2D eigenvalue weighted by molar-refractivity contribution is 5.73. The van der Waals surface area contributed by atoms with Crippen molar-refractivity contribution in [3.63, 3.8) is 0 Å². The lowest BCUT2D eigenvalue weighted by molar-refractivity contribution is -0.147. The molecule has 2 aliphatic heterocycles. The third-order valence-electron chi connectivity index (χ3n) is 4.91. The van der Waals surface area contributed by atoms with Crippen molar-refractivity contribution < 1.29 is 14.6 Å². The van der Waals surface area contributed by atoms with Gasteiger partial charge in [-0.2, -0.15) is 0 Å². The van der Waals surface area contributed by atoms with Gasteiger partial charge in [-0.15, -0.1) is 0 Å². The number of ether oxygens (including phenoxy) is 1.